The quantitative estimate of drug-likeness (QED) is 0.575. The highest BCUT2D eigenvalue weighted by Crippen LogP contribution is 1.98. The Morgan fingerprint density at radius 2 is 2.00 bits per heavy atom. The predicted molar refractivity (Wildman–Crippen MR) is 72.5 cm³/mol. The van der Waals surface area contributed by atoms with Crippen LogP contribution in [0.1, 0.15) is 0 Å². The fraction of sp³-hybridized carbons (Fsp3) is 1.00. The predicted octanol–water partition coefficient (Wildman–Crippen LogP) is -1.77. The molecule has 0 aromatic heterocycles. The fourth-order valence-electron chi connectivity index (χ4n) is 2.02. The Bertz CT molecular complexity index is 328. The highest BCUT2D eigenvalue weighted by atomic mass is 32.2. The lowest BCUT2D eigenvalue weighted by Crippen LogP contribution is -2.48. The van der Waals surface area contributed by atoms with Crippen molar-refractivity contribution in [1.29, 1.82) is 0 Å². The maximum absolute atomic E-state index is 11.0. The summed E-state index contributed by atoms with van der Waals surface area (Å²) in [7, 11) is -1.08. The maximum atomic E-state index is 11.0. The second-order valence-electron chi connectivity index (χ2n) is 5.10. The first-order valence-corrected chi connectivity index (χ1v) is 8.40. The maximum Gasteiger partial charge on any atom is 0.148 e. The number of piperazine rings is 1. The molecule has 6 nitrogen and oxygen atoms in total. The van der Waals surface area contributed by atoms with E-state index in [1.54, 1.807) is 0 Å². The van der Waals surface area contributed by atoms with Gasteiger partial charge in [-0.3, -0.25) is 4.90 Å². The molecule has 1 heterocycles. The molecule has 1 atom stereocenters. The summed E-state index contributed by atoms with van der Waals surface area (Å²) in [5, 5.41) is 13.2. The smallest absolute Gasteiger partial charge is 0.148 e. The van der Waals surface area contributed by atoms with Gasteiger partial charge < -0.3 is 15.3 Å². The number of sulfone groups is 1. The largest absolute Gasteiger partial charge is 0.390 e. The second kappa shape index (κ2) is 7.40. The van der Waals surface area contributed by atoms with Crippen LogP contribution in [0.25, 0.3) is 0 Å². The Hall–Kier alpha value is -0.210. The Balaban J connectivity index is 2.19. The van der Waals surface area contributed by atoms with Crippen LogP contribution in [0.15, 0.2) is 0 Å². The van der Waals surface area contributed by atoms with Gasteiger partial charge in [0.2, 0.25) is 0 Å². The molecule has 2 N–H and O–H groups in total. The van der Waals surface area contributed by atoms with Gasteiger partial charge >= 0.3 is 0 Å². The van der Waals surface area contributed by atoms with Crippen molar-refractivity contribution >= 4 is 9.84 Å². The zero-order valence-corrected chi connectivity index (χ0v) is 12.1. The molecule has 1 aliphatic heterocycles. The molecule has 0 radical (unpaired) electrons. The number of hydrogen-bond donors (Lipinski definition) is 2. The van der Waals surface area contributed by atoms with Gasteiger partial charge in [-0.2, -0.15) is 0 Å². The number of rotatable bonds is 7. The van der Waals surface area contributed by atoms with Crippen molar-refractivity contribution < 1.29 is 13.5 Å². The first-order chi connectivity index (χ1) is 8.37. The topological polar surface area (TPSA) is 72.9 Å². The van der Waals surface area contributed by atoms with Gasteiger partial charge in [-0.25, -0.2) is 8.42 Å². The van der Waals surface area contributed by atoms with Gasteiger partial charge in [0.25, 0.3) is 0 Å². The molecule has 7 heteroatoms. The van der Waals surface area contributed by atoms with Gasteiger partial charge in [0.15, 0.2) is 0 Å². The lowest BCUT2D eigenvalue weighted by atomic mass is 10.2. The molecule has 0 aromatic carbocycles. The summed E-state index contributed by atoms with van der Waals surface area (Å²) < 4.78 is 22.1. The van der Waals surface area contributed by atoms with Crippen molar-refractivity contribution in [3.63, 3.8) is 0 Å². The van der Waals surface area contributed by atoms with Crippen LogP contribution in [0.2, 0.25) is 0 Å². The molecule has 0 bridgehead atoms. The van der Waals surface area contributed by atoms with Crippen molar-refractivity contribution in [3.05, 3.63) is 0 Å². The molecule has 0 aromatic rings. The number of aliphatic hydroxyl groups is 1. The summed E-state index contributed by atoms with van der Waals surface area (Å²) in [6.07, 6.45) is 0.811. The van der Waals surface area contributed by atoms with E-state index >= 15 is 0 Å². The monoisotopic (exact) mass is 279 g/mol. The van der Waals surface area contributed by atoms with Crippen molar-refractivity contribution in [3.8, 4) is 0 Å². The van der Waals surface area contributed by atoms with Gasteiger partial charge in [-0.05, 0) is 7.05 Å². The third-order valence-corrected chi connectivity index (χ3v) is 3.97. The zero-order valence-electron chi connectivity index (χ0n) is 11.3. The van der Waals surface area contributed by atoms with Crippen LogP contribution in [0, 0.1) is 0 Å². The van der Waals surface area contributed by atoms with Crippen LogP contribution in [0.5, 0.6) is 0 Å². The summed E-state index contributed by atoms with van der Waals surface area (Å²) in [6.45, 7) is 5.50. The minimum Gasteiger partial charge on any atom is -0.390 e. The molecule has 1 unspecified atom stereocenters. The second-order valence-corrected chi connectivity index (χ2v) is 7.36. The van der Waals surface area contributed by atoms with Gasteiger partial charge in [0.05, 0.1) is 11.9 Å². The lowest BCUT2D eigenvalue weighted by Gasteiger charge is -2.30. The van der Waals surface area contributed by atoms with Crippen LogP contribution in [0.3, 0.4) is 0 Å². The molecule has 0 amide bonds. The molecular formula is C11H25N3O3S. The minimum atomic E-state index is -2.92. The van der Waals surface area contributed by atoms with Crippen molar-refractivity contribution in [1.82, 2.24) is 15.1 Å². The third kappa shape index (κ3) is 7.27. The van der Waals surface area contributed by atoms with Crippen LogP contribution in [-0.2, 0) is 9.84 Å². The number of nitrogens with zero attached hydrogens (tertiary/aromatic N) is 2. The highest BCUT2D eigenvalue weighted by Gasteiger charge is 2.16. The van der Waals surface area contributed by atoms with Gasteiger partial charge in [-0.1, -0.05) is 0 Å². The molecule has 0 aliphatic carbocycles. The first kappa shape index (κ1) is 15.8. The summed E-state index contributed by atoms with van der Waals surface area (Å²) in [5.74, 6) is 0.143. The molecule has 0 spiro atoms. The van der Waals surface area contributed by atoms with Crippen molar-refractivity contribution in [2.45, 2.75) is 6.10 Å². The van der Waals surface area contributed by atoms with E-state index in [1.165, 1.54) is 6.26 Å². The van der Waals surface area contributed by atoms with E-state index in [2.05, 4.69) is 10.2 Å². The van der Waals surface area contributed by atoms with Gasteiger partial charge in [-0.15, -0.1) is 0 Å². The summed E-state index contributed by atoms with van der Waals surface area (Å²) in [5.41, 5.74) is 0. The summed E-state index contributed by atoms with van der Waals surface area (Å²) in [4.78, 5) is 4.10. The van der Waals surface area contributed by atoms with E-state index in [4.69, 9.17) is 0 Å². The number of aliphatic hydroxyl groups excluding tert-OH is 1. The molecule has 1 fully saturated rings. The minimum absolute atomic E-state index is 0.143. The van der Waals surface area contributed by atoms with E-state index in [1.807, 2.05) is 11.9 Å². The normalized spacial score (nSPS) is 20.2. The van der Waals surface area contributed by atoms with E-state index in [-0.39, 0.29) is 5.75 Å². The number of β-amino-alcohol motifs (C(OH)–C–C–N with tert-alkyl or cyclic N) is 1. The third-order valence-electron chi connectivity index (χ3n) is 3.04. The van der Waals surface area contributed by atoms with E-state index in [0.717, 1.165) is 26.2 Å². The van der Waals surface area contributed by atoms with Gasteiger partial charge in [0.1, 0.15) is 9.84 Å². The number of nitrogens with one attached hydrogen (secondary N) is 1. The molecule has 108 valence electrons. The van der Waals surface area contributed by atoms with E-state index in [9.17, 15) is 13.5 Å². The average Bonchev–Trinajstić information content (AvgIpc) is 2.26. The Morgan fingerprint density at radius 1 is 1.39 bits per heavy atom. The molecule has 0 saturated carbocycles. The van der Waals surface area contributed by atoms with Crippen molar-refractivity contribution in [2.75, 3.05) is 64.9 Å². The van der Waals surface area contributed by atoms with Crippen LogP contribution in [-0.4, -0.2) is 94.3 Å². The lowest BCUT2D eigenvalue weighted by molar-refractivity contribution is 0.0786. The van der Waals surface area contributed by atoms with E-state index < -0.39 is 15.9 Å². The van der Waals surface area contributed by atoms with Crippen LogP contribution >= 0.6 is 0 Å². The van der Waals surface area contributed by atoms with Gasteiger partial charge in [0, 0.05) is 52.1 Å². The Kier molecular flexibility index (Phi) is 6.51. The number of likely N-dealkylation sites (N-methyl/N-ethyl adjacent to an activating group) is 1. The molecule has 1 rings (SSSR count). The molecular weight excluding hydrogens is 254 g/mol. The molecule has 1 saturated heterocycles. The van der Waals surface area contributed by atoms with Crippen LogP contribution in [0.4, 0.5) is 0 Å². The number of hydrogen-bond acceptors (Lipinski definition) is 6. The Labute approximate surface area is 110 Å². The fourth-order valence-corrected chi connectivity index (χ4v) is 2.67. The first-order valence-electron chi connectivity index (χ1n) is 6.34. The average molecular weight is 279 g/mol. The molecule has 18 heavy (non-hydrogen) atoms. The highest BCUT2D eigenvalue weighted by molar-refractivity contribution is 7.90. The zero-order chi connectivity index (χ0) is 13.6. The SMILES string of the molecule is CN(CCS(C)(=O)=O)CC(O)CN1CCNCC1. The summed E-state index contributed by atoms with van der Waals surface area (Å²) >= 11 is 0. The summed E-state index contributed by atoms with van der Waals surface area (Å²) in [6, 6.07) is 0. The van der Waals surface area contributed by atoms with Crippen molar-refractivity contribution in [2.24, 2.45) is 0 Å². The Morgan fingerprint density at radius 3 is 2.56 bits per heavy atom. The van der Waals surface area contributed by atoms with E-state index in [0.29, 0.717) is 19.6 Å². The molecule has 1 aliphatic rings. The standard InChI is InChI=1S/C11H25N3O3S/c1-13(7-8-18(2,16)17)9-11(15)10-14-5-3-12-4-6-14/h11-12,15H,3-10H2,1-2H3. The van der Waals surface area contributed by atoms with Crippen LogP contribution < -0.4 is 5.32 Å².